The van der Waals surface area contributed by atoms with Crippen molar-refractivity contribution in [2.24, 2.45) is 0 Å². The van der Waals surface area contributed by atoms with E-state index in [1.165, 1.54) is 18.0 Å². The van der Waals surface area contributed by atoms with Crippen molar-refractivity contribution in [3.63, 3.8) is 0 Å². The quantitative estimate of drug-likeness (QED) is 0.344. The Labute approximate surface area is 139 Å². The molecule has 1 aromatic carbocycles. The molecule has 1 aromatic heterocycles. The number of ether oxygens (including phenoxy) is 2. The minimum atomic E-state index is -0.438. The molecule has 0 radical (unpaired) electrons. The minimum Gasteiger partial charge on any atom is -0.492 e. The van der Waals surface area contributed by atoms with Crippen LogP contribution in [0.2, 0.25) is 0 Å². The van der Waals surface area contributed by atoms with Crippen LogP contribution in [0.3, 0.4) is 0 Å². The van der Waals surface area contributed by atoms with Crippen molar-refractivity contribution in [1.29, 1.82) is 0 Å². The van der Waals surface area contributed by atoms with Gasteiger partial charge in [0.15, 0.2) is 5.16 Å². The Morgan fingerprint density at radius 2 is 2.09 bits per heavy atom. The third kappa shape index (κ3) is 5.14. The van der Waals surface area contributed by atoms with Crippen LogP contribution < -0.4 is 10.1 Å². The van der Waals surface area contributed by atoms with E-state index in [1.54, 1.807) is 6.92 Å². The summed E-state index contributed by atoms with van der Waals surface area (Å²) in [6.45, 7) is 3.02. The van der Waals surface area contributed by atoms with Gasteiger partial charge < -0.3 is 14.8 Å². The number of esters is 1. The van der Waals surface area contributed by atoms with Gasteiger partial charge in [-0.3, -0.25) is 0 Å². The first-order chi connectivity index (χ1) is 11.2. The maximum atomic E-state index is 11.9. The summed E-state index contributed by atoms with van der Waals surface area (Å²) in [6, 6.07) is 9.54. The number of hydrogen-bond acceptors (Lipinski definition) is 7. The lowest BCUT2D eigenvalue weighted by Crippen LogP contribution is -2.17. The standard InChI is InChI=1S/C16H19N3O3S/c1-3-21-15(20)13-11-18-16(23-2)19-14(13)17-9-10-22-12-7-5-4-6-8-12/h4-8,11H,3,9-10H2,1-2H3,(H,17,18,19). The van der Waals surface area contributed by atoms with Crippen LogP contribution in [-0.4, -0.2) is 42.0 Å². The number of carbonyl (C=O) groups is 1. The van der Waals surface area contributed by atoms with E-state index in [9.17, 15) is 4.79 Å². The predicted molar refractivity (Wildman–Crippen MR) is 90.2 cm³/mol. The number of nitrogens with one attached hydrogen (secondary N) is 1. The van der Waals surface area contributed by atoms with Crippen LogP contribution in [0.4, 0.5) is 5.82 Å². The number of rotatable bonds is 8. The largest absolute Gasteiger partial charge is 0.492 e. The second-order valence-electron chi connectivity index (χ2n) is 4.43. The van der Waals surface area contributed by atoms with Gasteiger partial charge in [0.2, 0.25) is 0 Å². The van der Waals surface area contributed by atoms with Crippen molar-refractivity contribution in [2.45, 2.75) is 12.1 Å². The first-order valence-corrected chi connectivity index (χ1v) is 8.47. The third-order valence-electron chi connectivity index (χ3n) is 2.85. The van der Waals surface area contributed by atoms with Gasteiger partial charge in [-0.15, -0.1) is 0 Å². The molecule has 1 heterocycles. The van der Waals surface area contributed by atoms with E-state index in [-0.39, 0.29) is 0 Å². The van der Waals surface area contributed by atoms with Crippen LogP contribution in [0, 0.1) is 0 Å². The average molecular weight is 333 g/mol. The van der Waals surface area contributed by atoms with E-state index in [0.29, 0.717) is 36.3 Å². The number of thioether (sulfide) groups is 1. The Morgan fingerprint density at radius 1 is 1.30 bits per heavy atom. The summed E-state index contributed by atoms with van der Waals surface area (Å²) in [5.41, 5.74) is 0.323. The smallest absolute Gasteiger partial charge is 0.343 e. The molecule has 0 atom stereocenters. The highest BCUT2D eigenvalue weighted by molar-refractivity contribution is 7.98. The van der Waals surface area contributed by atoms with Gasteiger partial charge in [-0.1, -0.05) is 30.0 Å². The van der Waals surface area contributed by atoms with Gasteiger partial charge in [-0.2, -0.15) is 0 Å². The fourth-order valence-electron chi connectivity index (χ4n) is 1.81. The summed E-state index contributed by atoms with van der Waals surface area (Å²) in [6.07, 6.45) is 3.36. The molecule has 6 nitrogen and oxygen atoms in total. The molecule has 0 saturated heterocycles. The molecular weight excluding hydrogens is 314 g/mol. The van der Waals surface area contributed by atoms with Crippen LogP contribution in [0.15, 0.2) is 41.7 Å². The Balaban J connectivity index is 1.98. The van der Waals surface area contributed by atoms with Crippen molar-refractivity contribution >= 4 is 23.5 Å². The van der Waals surface area contributed by atoms with Crippen LogP contribution in [0.25, 0.3) is 0 Å². The number of nitrogens with zero attached hydrogens (tertiary/aromatic N) is 2. The van der Waals surface area contributed by atoms with E-state index in [0.717, 1.165) is 5.75 Å². The first kappa shape index (κ1) is 17.1. The van der Waals surface area contributed by atoms with Gasteiger partial charge in [0.25, 0.3) is 0 Å². The second kappa shape index (κ2) is 8.99. The van der Waals surface area contributed by atoms with E-state index < -0.39 is 5.97 Å². The molecule has 0 amide bonds. The number of para-hydroxylation sites is 1. The summed E-state index contributed by atoms with van der Waals surface area (Å²) in [5, 5.41) is 3.69. The lowest BCUT2D eigenvalue weighted by molar-refractivity contribution is 0.0526. The van der Waals surface area contributed by atoms with Crippen molar-refractivity contribution in [3.8, 4) is 5.75 Å². The monoisotopic (exact) mass is 333 g/mol. The van der Waals surface area contributed by atoms with Crippen molar-refractivity contribution in [1.82, 2.24) is 9.97 Å². The topological polar surface area (TPSA) is 73.3 Å². The molecular formula is C16H19N3O3S. The SMILES string of the molecule is CCOC(=O)c1cnc(SC)nc1NCCOc1ccccc1. The van der Waals surface area contributed by atoms with E-state index in [1.807, 2.05) is 36.6 Å². The maximum Gasteiger partial charge on any atom is 0.343 e. The minimum absolute atomic E-state index is 0.305. The molecule has 0 aliphatic carbocycles. The zero-order valence-corrected chi connectivity index (χ0v) is 13.9. The number of benzene rings is 1. The molecule has 0 spiro atoms. The van der Waals surface area contributed by atoms with Gasteiger partial charge in [-0.05, 0) is 25.3 Å². The molecule has 0 unspecified atom stereocenters. The lowest BCUT2D eigenvalue weighted by Gasteiger charge is -2.11. The zero-order valence-electron chi connectivity index (χ0n) is 13.1. The average Bonchev–Trinajstić information content (AvgIpc) is 2.59. The molecule has 0 saturated carbocycles. The second-order valence-corrected chi connectivity index (χ2v) is 5.20. The Bertz CT molecular complexity index is 638. The van der Waals surface area contributed by atoms with Gasteiger partial charge in [0, 0.05) is 6.20 Å². The number of anilines is 1. The zero-order chi connectivity index (χ0) is 16.5. The van der Waals surface area contributed by atoms with Crippen molar-refractivity contribution in [2.75, 3.05) is 31.3 Å². The van der Waals surface area contributed by atoms with Crippen LogP contribution in [0.5, 0.6) is 5.75 Å². The van der Waals surface area contributed by atoms with Crippen molar-refractivity contribution in [3.05, 3.63) is 42.1 Å². The van der Waals surface area contributed by atoms with Gasteiger partial charge >= 0.3 is 5.97 Å². The fraction of sp³-hybridized carbons (Fsp3) is 0.312. The van der Waals surface area contributed by atoms with E-state index in [2.05, 4.69) is 15.3 Å². The maximum absolute atomic E-state index is 11.9. The summed E-state index contributed by atoms with van der Waals surface area (Å²) in [5.74, 6) is 0.818. The highest BCUT2D eigenvalue weighted by atomic mass is 32.2. The molecule has 122 valence electrons. The lowest BCUT2D eigenvalue weighted by atomic mass is 10.3. The Kier molecular flexibility index (Phi) is 6.68. The summed E-state index contributed by atoms with van der Waals surface area (Å²) < 4.78 is 10.6. The molecule has 0 bridgehead atoms. The first-order valence-electron chi connectivity index (χ1n) is 7.24. The summed E-state index contributed by atoms with van der Waals surface area (Å²) in [4.78, 5) is 20.4. The van der Waals surface area contributed by atoms with Crippen LogP contribution >= 0.6 is 11.8 Å². The van der Waals surface area contributed by atoms with Crippen LogP contribution in [0.1, 0.15) is 17.3 Å². The molecule has 0 aliphatic rings. The highest BCUT2D eigenvalue weighted by Crippen LogP contribution is 2.17. The number of hydrogen-bond donors (Lipinski definition) is 1. The highest BCUT2D eigenvalue weighted by Gasteiger charge is 2.15. The van der Waals surface area contributed by atoms with E-state index in [4.69, 9.17) is 9.47 Å². The number of aromatic nitrogens is 2. The molecule has 0 aliphatic heterocycles. The normalized spacial score (nSPS) is 10.2. The van der Waals surface area contributed by atoms with Crippen LogP contribution in [-0.2, 0) is 4.74 Å². The molecule has 0 fully saturated rings. The molecule has 2 rings (SSSR count). The summed E-state index contributed by atoms with van der Waals surface area (Å²) >= 11 is 1.41. The Hall–Kier alpha value is -2.28. The molecule has 1 N–H and O–H groups in total. The molecule has 2 aromatic rings. The Morgan fingerprint density at radius 3 is 2.78 bits per heavy atom. The fourth-order valence-corrected chi connectivity index (χ4v) is 2.15. The molecule has 7 heteroatoms. The number of carbonyl (C=O) groups excluding carboxylic acids is 1. The summed E-state index contributed by atoms with van der Waals surface area (Å²) in [7, 11) is 0. The molecule has 23 heavy (non-hydrogen) atoms. The van der Waals surface area contributed by atoms with Gasteiger partial charge in [-0.25, -0.2) is 14.8 Å². The van der Waals surface area contributed by atoms with E-state index >= 15 is 0 Å². The third-order valence-corrected chi connectivity index (χ3v) is 3.41. The van der Waals surface area contributed by atoms with Gasteiger partial charge in [0.1, 0.15) is 23.7 Å². The van der Waals surface area contributed by atoms with Gasteiger partial charge in [0.05, 0.1) is 13.2 Å². The van der Waals surface area contributed by atoms with Crippen molar-refractivity contribution < 1.29 is 14.3 Å². The predicted octanol–water partition coefficient (Wildman–Crippen LogP) is 2.87.